The molecule has 4 aromatic rings. The molecule has 7 aliphatic rings. The SMILES string of the molecule is C1=Nc2ccc(cc2)OCCCCCCCCCCCCOc2ccc(cc2)N=Cc2ccc(cc2)OCCCCCCCCCCCCOc2ccc1cc2. The van der Waals surface area contributed by atoms with Crippen LogP contribution in [0.2, 0.25) is 0 Å². The summed E-state index contributed by atoms with van der Waals surface area (Å²) in [5.41, 5.74) is 3.97. The number of benzene rings is 4. The third-order valence-electron chi connectivity index (χ3n) is 10.3. The maximum Gasteiger partial charge on any atom is 0.119 e. The fourth-order valence-electron chi connectivity index (χ4n) is 6.85. The fraction of sp³-hybridized carbons (Fsp3) is 0.480. The van der Waals surface area contributed by atoms with Crippen molar-refractivity contribution < 1.29 is 18.9 Å². The van der Waals surface area contributed by atoms with Crippen LogP contribution in [-0.4, -0.2) is 38.9 Å². The minimum absolute atomic E-state index is 0.766. The fourth-order valence-corrected chi connectivity index (χ4v) is 6.85. The van der Waals surface area contributed by atoms with Crippen molar-refractivity contribution in [2.45, 2.75) is 128 Å². The zero-order chi connectivity index (χ0) is 38.6. The van der Waals surface area contributed by atoms with Crippen LogP contribution in [0.1, 0.15) is 140 Å². The van der Waals surface area contributed by atoms with Gasteiger partial charge in [0.15, 0.2) is 0 Å². The van der Waals surface area contributed by atoms with E-state index in [-0.39, 0.29) is 0 Å². The van der Waals surface area contributed by atoms with Gasteiger partial charge in [0.05, 0.1) is 37.8 Å². The lowest BCUT2D eigenvalue weighted by Gasteiger charge is -2.08. The summed E-state index contributed by atoms with van der Waals surface area (Å²) in [6.07, 6.45) is 28.8. The van der Waals surface area contributed by atoms with Gasteiger partial charge >= 0.3 is 0 Å². The van der Waals surface area contributed by atoms with Crippen molar-refractivity contribution in [3.05, 3.63) is 108 Å². The van der Waals surface area contributed by atoms with Crippen LogP contribution < -0.4 is 18.9 Å². The van der Waals surface area contributed by atoms with Gasteiger partial charge in [0, 0.05) is 12.4 Å². The molecule has 0 fully saturated rings. The van der Waals surface area contributed by atoms with E-state index in [1.807, 2.05) is 85.2 Å². The van der Waals surface area contributed by atoms with Gasteiger partial charge in [-0.25, -0.2) is 0 Å². The summed E-state index contributed by atoms with van der Waals surface area (Å²) in [5, 5.41) is 0. The normalized spacial score (nSPS) is 17.4. The number of ether oxygens (including phenoxy) is 4. The zero-order valence-corrected chi connectivity index (χ0v) is 33.9. The summed E-state index contributed by atoms with van der Waals surface area (Å²) in [7, 11) is 0. The molecule has 0 saturated carbocycles. The Bertz CT molecular complexity index is 1380. The predicted octanol–water partition coefficient (Wildman–Crippen LogP) is 14.2. The van der Waals surface area contributed by atoms with E-state index in [2.05, 4.69) is 34.3 Å². The molecule has 0 unspecified atom stereocenters. The Morgan fingerprint density at radius 1 is 0.250 bits per heavy atom. The highest BCUT2D eigenvalue weighted by atomic mass is 16.5. The van der Waals surface area contributed by atoms with E-state index in [0.717, 1.165) is 97.6 Å². The molecule has 0 aromatic heterocycles. The van der Waals surface area contributed by atoms with Gasteiger partial charge in [-0.3, -0.25) is 9.98 Å². The van der Waals surface area contributed by atoms with Crippen LogP contribution >= 0.6 is 0 Å². The Balaban J connectivity index is 0.996. The smallest absolute Gasteiger partial charge is 0.119 e. The molecule has 6 heteroatoms. The van der Waals surface area contributed by atoms with Crippen LogP contribution in [0.25, 0.3) is 0 Å². The van der Waals surface area contributed by atoms with E-state index in [9.17, 15) is 0 Å². The van der Waals surface area contributed by atoms with Crippen molar-refractivity contribution in [3.8, 4) is 23.0 Å². The molecule has 0 atom stereocenters. The largest absolute Gasteiger partial charge is 0.494 e. The molecular formula is C50H66N2O4. The minimum Gasteiger partial charge on any atom is -0.494 e. The van der Waals surface area contributed by atoms with Gasteiger partial charge in [-0.2, -0.15) is 0 Å². The Kier molecular flexibility index (Phi) is 20.6. The quantitative estimate of drug-likeness (QED) is 0.179. The predicted molar refractivity (Wildman–Crippen MR) is 235 cm³/mol. The lowest BCUT2D eigenvalue weighted by molar-refractivity contribution is 0.303. The summed E-state index contributed by atoms with van der Waals surface area (Å²) < 4.78 is 24.0. The van der Waals surface area contributed by atoms with Crippen LogP contribution in [0.4, 0.5) is 11.4 Å². The van der Waals surface area contributed by atoms with Gasteiger partial charge in [0.25, 0.3) is 0 Å². The average Bonchev–Trinajstić information content (AvgIpc) is 3.23. The molecule has 7 heterocycles. The van der Waals surface area contributed by atoms with Crippen LogP contribution in [0.3, 0.4) is 0 Å². The standard InChI is InChI=1S/C50H66N2O4/c1-2-6-10-14-18-38-54-48-31-23-44(24-32-48)42-52-46-27-35-50(36-28-46)56-40-20-16-12-8-4-3-7-11-15-19-39-55-49-33-25-45(26-34-49)51-41-43-21-29-47(30-22-43)53-37-17-13-9-5-1/h21-36,41-42H,1-20,37-40H2. The van der Waals surface area contributed by atoms with Crippen molar-refractivity contribution in [3.63, 3.8) is 0 Å². The van der Waals surface area contributed by atoms with Gasteiger partial charge in [-0.15, -0.1) is 0 Å². The summed E-state index contributed by atoms with van der Waals surface area (Å²) >= 11 is 0. The Morgan fingerprint density at radius 2 is 0.464 bits per heavy atom. The molecule has 7 aliphatic heterocycles. The molecule has 0 saturated heterocycles. The maximum absolute atomic E-state index is 6.00. The average molecular weight is 759 g/mol. The molecule has 6 nitrogen and oxygen atoms in total. The minimum atomic E-state index is 0.766. The molecule has 0 aliphatic carbocycles. The number of rotatable bonds is 0. The second-order valence-electron chi connectivity index (χ2n) is 15.1. The summed E-state index contributed by atoms with van der Waals surface area (Å²) in [6, 6.07) is 32.6. The first-order chi connectivity index (χ1) is 27.8. The first-order valence-electron chi connectivity index (χ1n) is 21.8. The molecule has 8 bridgehead atoms. The first kappa shape index (κ1) is 42.6. The van der Waals surface area contributed by atoms with Crippen LogP contribution in [0, 0.1) is 0 Å². The first-order valence-corrected chi connectivity index (χ1v) is 21.8. The van der Waals surface area contributed by atoms with Crippen LogP contribution in [0.5, 0.6) is 23.0 Å². The van der Waals surface area contributed by atoms with Gasteiger partial charge in [0.1, 0.15) is 23.0 Å². The Labute approximate surface area is 337 Å². The zero-order valence-electron chi connectivity index (χ0n) is 33.9. The molecule has 0 radical (unpaired) electrons. The highest BCUT2D eigenvalue weighted by Crippen LogP contribution is 2.22. The molecular weight excluding hydrogens is 693 g/mol. The van der Waals surface area contributed by atoms with E-state index in [0.29, 0.717) is 0 Å². The lowest BCUT2D eigenvalue weighted by atomic mass is 10.1. The van der Waals surface area contributed by atoms with Crippen molar-refractivity contribution >= 4 is 23.8 Å². The van der Waals surface area contributed by atoms with Gasteiger partial charge in [-0.1, -0.05) is 103 Å². The topological polar surface area (TPSA) is 61.6 Å². The van der Waals surface area contributed by atoms with Crippen molar-refractivity contribution in [2.75, 3.05) is 26.4 Å². The van der Waals surface area contributed by atoms with Crippen LogP contribution in [-0.2, 0) is 0 Å². The molecule has 0 N–H and O–H groups in total. The molecule has 4 aromatic carbocycles. The summed E-state index contributed by atoms with van der Waals surface area (Å²) in [4.78, 5) is 9.30. The van der Waals surface area contributed by atoms with E-state index in [1.54, 1.807) is 0 Å². The highest BCUT2D eigenvalue weighted by molar-refractivity contribution is 5.82. The molecule has 300 valence electrons. The third-order valence-corrected chi connectivity index (χ3v) is 10.3. The highest BCUT2D eigenvalue weighted by Gasteiger charge is 2.01. The Hall–Kier alpha value is -4.58. The molecule has 11 rings (SSSR count). The van der Waals surface area contributed by atoms with Crippen molar-refractivity contribution in [1.29, 1.82) is 0 Å². The van der Waals surface area contributed by atoms with Crippen molar-refractivity contribution in [2.24, 2.45) is 9.98 Å². The third kappa shape index (κ3) is 18.4. The molecule has 0 spiro atoms. The monoisotopic (exact) mass is 759 g/mol. The summed E-state index contributed by atoms with van der Waals surface area (Å²) in [5.74, 6) is 3.67. The molecule has 56 heavy (non-hydrogen) atoms. The summed E-state index contributed by atoms with van der Waals surface area (Å²) in [6.45, 7) is 3.08. The molecule has 0 amide bonds. The van der Waals surface area contributed by atoms with E-state index in [4.69, 9.17) is 18.9 Å². The van der Waals surface area contributed by atoms with Crippen molar-refractivity contribution in [1.82, 2.24) is 0 Å². The maximum atomic E-state index is 6.00. The lowest BCUT2D eigenvalue weighted by Crippen LogP contribution is -1.97. The Morgan fingerprint density at radius 3 is 0.714 bits per heavy atom. The van der Waals surface area contributed by atoms with Gasteiger partial charge in [-0.05, 0) is 134 Å². The van der Waals surface area contributed by atoms with Gasteiger partial charge < -0.3 is 18.9 Å². The number of hydrogen-bond acceptors (Lipinski definition) is 6. The van der Waals surface area contributed by atoms with E-state index >= 15 is 0 Å². The van der Waals surface area contributed by atoms with Gasteiger partial charge in [0.2, 0.25) is 0 Å². The number of aliphatic imine (C=N–C) groups is 2. The second kappa shape index (κ2) is 27.1. The second-order valence-corrected chi connectivity index (χ2v) is 15.1. The van der Waals surface area contributed by atoms with Crippen LogP contribution in [0.15, 0.2) is 107 Å². The number of hydrogen-bond donors (Lipinski definition) is 0. The number of nitrogens with zero attached hydrogens (tertiary/aromatic N) is 2. The van der Waals surface area contributed by atoms with E-state index < -0.39 is 0 Å². The van der Waals surface area contributed by atoms with E-state index in [1.165, 1.54) is 103 Å².